The monoisotopic (exact) mass is 311 g/mol. The van der Waals surface area contributed by atoms with Gasteiger partial charge < -0.3 is 14.7 Å². The van der Waals surface area contributed by atoms with Crippen molar-refractivity contribution in [1.82, 2.24) is 4.90 Å². The third kappa shape index (κ3) is 5.27. The fourth-order valence-electron chi connectivity index (χ4n) is 2.07. The van der Waals surface area contributed by atoms with Crippen LogP contribution >= 0.6 is 11.6 Å². The summed E-state index contributed by atoms with van der Waals surface area (Å²) in [5.74, 6) is -0.316. The lowest BCUT2D eigenvalue weighted by molar-refractivity contribution is -0.138. The number of rotatable bonds is 8. The topological polar surface area (TPSA) is 66.8 Å². The van der Waals surface area contributed by atoms with E-state index in [0.29, 0.717) is 10.8 Å². The Morgan fingerprint density at radius 1 is 1.33 bits per heavy atom. The summed E-state index contributed by atoms with van der Waals surface area (Å²) in [5.41, 5.74) is 0. The smallest absolute Gasteiger partial charge is 0.305 e. The van der Waals surface area contributed by atoms with Crippen molar-refractivity contribution < 1.29 is 19.4 Å². The molecule has 0 unspecified atom stereocenters. The normalized spacial score (nSPS) is 13.8. The Kier molecular flexibility index (Phi) is 5.44. The number of aliphatic carboxylic acids is 1. The second kappa shape index (κ2) is 7.31. The van der Waals surface area contributed by atoms with Gasteiger partial charge in [0.1, 0.15) is 5.75 Å². The number of benzene rings is 1. The molecule has 0 atom stereocenters. The van der Waals surface area contributed by atoms with Crippen molar-refractivity contribution in [2.24, 2.45) is 0 Å². The highest BCUT2D eigenvalue weighted by Crippen LogP contribution is 2.27. The highest BCUT2D eigenvalue weighted by atomic mass is 35.5. The summed E-state index contributed by atoms with van der Waals surface area (Å²) >= 11 is 5.85. The first kappa shape index (κ1) is 15.6. The second-order valence-electron chi connectivity index (χ2n) is 5.02. The van der Waals surface area contributed by atoms with E-state index in [2.05, 4.69) is 0 Å². The van der Waals surface area contributed by atoms with Crippen molar-refractivity contribution >= 4 is 23.5 Å². The van der Waals surface area contributed by atoms with Crippen LogP contribution in [0.2, 0.25) is 5.02 Å². The second-order valence-corrected chi connectivity index (χ2v) is 5.45. The predicted octanol–water partition coefficient (Wildman–Crippen LogP) is 2.57. The molecular weight excluding hydrogens is 294 g/mol. The van der Waals surface area contributed by atoms with Crippen LogP contribution in [0.4, 0.5) is 0 Å². The molecule has 1 N–H and O–H groups in total. The van der Waals surface area contributed by atoms with Gasteiger partial charge in [0.25, 0.3) is 0 Å². The Hall–Kier alpha value is -1.75. The van der Waals surface area contributed by atoms with E-state index in [1.54, 1.807) is 29.2 Å². The van der Waals surface area contributed by atoms with Crippen LogP contribution < -0.4 is 4.74 Å². The van der Waals surface area contributed by atoms with E-state index in [9.17, 15) is 9.59 Å². The number of carbonyl (C=O) groups excluding carboxylic acids is 1. The lowest BCUT2D eigenvalue weighted by Crippen LogP contribution is -2.35. The van der Waals surface area contributed by atoms with Crippen LogP contribution in [0.5, 0.6) is 5.75 Å². The molecule has 5 nitrogen and oxygen atoms in total. The number of carbonyl (C=O) groups is 2. The summed E-state index contributed by atoms with van der Waals surface area (Å²) in [6, 6.07) is 7.21. The number of halogens is 1. The molecular formula is C15H18ClNO4. The summed E-state index contributed by atoms with van der Waals surface area (Å²) in [6.07, 6.45) is 2.14. The molecule has 0 bridgehead atoms. The van der Waals surface area contributed by atoms with E-state index in [1.165, 1.54) is 0 Å². The summed E-state index contributed by atoms with van der Waals surface area (Å²) < 4.78 is 5.49. The Balaban J connectivity index is 1.78. The highest BCUT2D eigenvalue weighted by molar-refractivity contribution is 6.30. The molecule has 0 aliphatic heterocycles. The number of nitrogens with zero attached hydrogens (tertiary/aromatic N) is 1. The van der Waals surface area contributed by atoms with Crippen LogP contribution in [0.1, 0.15) is 25.7 Å². The van der Waals surface area contributed by atoms with Crippen molar-refractivity contribution in [2.45, 2.75) is 31.7 Å². The van der Waals surface area contributed by atoms with Crippen LogP contribution in [0.25, 0.3) is 0 Å². The van der Waals surface area contributed by atoms with Crippen LogP contribution in [0, 0.1) is 0 Å². The molecule has 1 saturated carbocycles. The molecule has 0 heterocycles. The largest absolute Gasteiger partial charge is 0.493 e. The van der Waals surface area contributed by atoms with Gasteiger partial charge in [-0.15, -0.1) is 0 Å². The highest BCUT2D eigenvalue weighted by Gasteiger charge is 2.32. The van der Waals surface area contributed by atoms with E-state index in [1.807, 2.05) is 0 Å². The van der Waals surface area contributed by atoms with E-state index in [0.717, 1.165) is 12.8 Å². The maximum Gasteiger partial charge on any atom is 0.305 e. The molecule has 1 aliphatic rings. The molecule has 1 amide bonds. The minimum atomic E-state index is -0.886. The molecule has 2 rings (SSSR count). The number of ether oxygens (including phenoxy) is 1. The van der Waals surface area contributed by atoms with E-state index in [-0.39, 0.29) is 37.9 Å². The molecule has 0 saturated heterocycles. The number of carboxylic acids is 1. The summed E-state index contributed by atoms with van der Waals surface area (Å²) in [4.78, 5) is 24.4. The number of hydrogen-bond donors (Lipinski definition) is 1. The third-order valence-corrected chi connectivity index (χ3v) is 3.49. The molecule has 6 heteroatoms. The minimum Gasteiger partial charge on any atom is -0.493 e. The maximum atomic E-state index is 12.1. The minimum absolute atomic E-state index is 0.0165. The summed E-state index contributed by atoms with van der Waals surface area (Å²) in [6.45, 7) is 0.533. The van der Waals surface area contributed by atoms with Crippen molar-refractivity contribution in [3.05, 3.63) is 29.3 Å². The lowest BCUT2D eigenvalue weighted by Gasteiger charge is -2.21. The van der Waals surface area contributed by atoms with Gasteiger partial charge >= 0.3 is 5.97 Å². The van der Waals surface area contributed by atoms with Gasteiger partial charge in [-0.1, -0.05) is 17.7 Å². The van der Waals surface area contributed by atoms with Gasteiger partial charge in [-0.2, -0.15) is 0 Å². The Morgan fingerprint density at radius 3 is 2.71 bits per heavy atom. The zero-order valence-corrected chi connectivity index (χ0v) is 12.4. The number of amides is 1. The van der Waals surface area contributed by atoms with Gasteiger partial charge in [-0.25, -0.2) is 0 Å². The van der Waals surface area contributed by atoms with Crippen LogP contribution in [-0.4, -0.2) is 41.1 Å². The fraction of sp³-hybridized carbons (Fsp3) is 0.467. The lowest BCUT2D eigenvalue weighted by atomic mass is 10.3. The van der Waals surface area contributed by atoms with Gasteiger partial charge in [0, 0.05) is 17.6 Å². The van der Waals surface area contributed by atoms with Crippen LogP contribution in [0.15, 0.2) is 24.3 Å². The number of carboxylic acid groups (broad SMARTS) is 1. The molecule has 1 aromatic carbocycles. The Labute approximate surface area is 128 Å². The predicted molar refractivity (Wildman–Crippen MR) is 78.6 cm³/mol. The molecule has 1 aromatic rings. The fourth-order valence-corrected chi connectivity index (χ4v) is 2.25. The Morgan fingerprint density at radius 2 is 2.10 bits per heavy atom. The first-order valence-corrected chi connectivity index (χ1v) is 7.33. The Bertz CT molecular complexity index is 516. The average molecular weight is 312 g/mol. The molecule has 1 fully saturated rings. The molecule has 0 aromatic heterocycles. The maximum absolute atomic E-state index is 12.1. The van der Waals surface area contributed by atoms with Crippen LogP contribution in [-0.2, 0) is 9.59 Å². The first-order chi connectivity index (χ1) is 10.1. The summed E-state index contributed by atoms with van der Waals surface area (Å²) in [7, 11) is 0. The SMILES string of the molecule is O=C(O)CCN(C(=O)CCOc1cccc(Cl)c1)C1CC1. The third-order valence-electron chi connectivity index (χ3n) is 3.26. The van der Waals surface area contributed by atoms with Crippen molar-refractivity contribution in [1.29, 1.82) is 0 Å². The quantitative estimate of drug-likeness (QED) is 0.801. The number of hydrogen-bond acceptors (Lipinski definition) is 3. The van der Waals surface area contributed by atoms with Gasteiger partial charge in [0.05, 0.1) is 19.4 Å². The standard InChI is InChI=1S/C15H18ClNO4/c16-11-2-1-3-13(10-11)21-9-7-14(18)17(12-4-5-12)8-6-15(19)20/h1-3,10,12H,4-9H2,(H,19,20). The zero-order valence-electron chi connectivity index (χ0n) is 11.6. The molecule has 1 aliphatic carbocycles. The zero-order chi connectivity index (χ0) is 15.2. The van der Waals surface area contributed by atoms with Crippen molar-refractivity contribution in [2.75, 3.05) is 13.2 Å². The van der Waals surface area contributed by atoms with Gasteiger partial charge in [-0.3, -0.25) is 9.59 Å². The van der Waals surface area contributed by atoms with Crippen LogP contribution in [0.3, 0.4) is 0 Å². The van der Waals surface area contributed by atoms with E-state index >= 15 is 0 Å². The average Bonchev–Trinajstić information content (AvgIpc) is 3.23. The van der Waals surface area contributed by atoms with Gasteiger partial charge in [0.15, 0.2) is 0 Å². The van der Waals surface area contributed by atoms with Gasteiger partial charge in [0.2, 0.25) is 5.91 Å². The van der Waals surface area contributed by atoms with Gasteiger partial charge in [-0.05, 0) is 31.0 Å². The molecule has 21 heavy (non-hydrogen) atoms. The van der Waals surface area contributed by atoms with Crippen molar-refractivity contribution in [3.8, 4) is 5.75 Å². The molecule has 0 radical (unpaired) electrons. The molecule has 114 valence electrons. The molecule has 0 spiro atoms. The van der Waals surface area contributed by atoms with E-state index < -0.39 is 5.97 Å². The summed E-state index contributed by atoms with van der Waals surface area (Å²) in [5, 5.41) is 9.31. The first-order valence-electron chi connectivity index (χ1n) is 6.96. The van der Waals surface area contributed by atoms with Crippen molar-refractivity contribution in [3.63, 3.8) is 0 Å². The van der Waals surface area contributed by atoms with E-state index in [4.69, 9.17) is 21.4 Å².